The SMILES string of the molecule is Cc1ccc(N(c2ccc3cc4c(cc3c2)oc2c4cc(C(C)C)c3c4cc5ccc(N(c6ccc(C)cc6)c6cc(C)ccc6C)cc5cc4oc23)c2cc(C)ccc2C)cc1. The number of benzene rings is 9. The van der Waals surface area contributed by atoms with Crippen molar-refractivity contribution in [1.82, 2.24) is 0 Å². The first-order valence-corrected chi connectivity index (χ1v) is 22.1. The van der Waals surface area contributed by atoms with E-state index in [2.05, 4.69) is 217 Å². The van der Waals surface area contributed by atoms with Gasteiger partial charge in [0, 0.05) is 55.7 Å². The maximum absolute atomic E-state index is 6.97. The molecule has 11 aromatic rings. The van der Waals surface area contributed by atoms with Gasteiger partial charge in [-0.15, -0.1) is 0 Å². The smallest absolute Gasteiger partial charge is 0.178 e. The summed E-state index contributed by atoms with van der Waals surface area (Å²) in [6, 6.07) is 55.9. The number of rotatable bonds is 7. The molecule has 0 fully saturated rings. The van der Waals surface area contributed by atoms with Gasteiger partial charge >= 0.3 is 0 Å². The zero-order valence-electron chi connectivity index (χ0n) is 37.2. The van der Waals surface area contributed by atoms with Gasteiger partial charge in [-0.05, 0) is 188 Å². The van der Waals surface area contributed by atoms with Crippen molar-refractivity contribution in [3.63, 3.8) is 0 Å². The van der Waals surface area contributed by atoms with Crippen molar-refractivity contribution in [3.05, 3.63) is 191 Å². The molecule has 0 radical (unpaired) electrons. The van der Waals surface area contributed by atoms with Gasteiger partial charge < -0.3 is 18.6 Å². The minimum atomic E-state index is 0.266. The van der Waals surface area contributed by atoms with E-state index in [0.717, 1.165) is 82.8 Å². The second-order valence-electron chi connectivity index (χ2n) is 18.1. The van der Waals surface area contributed by atoms with E-state index in [1.165, 1.54) is 55.7 Å². The summed E-state index contributed by atoms with van der Waals surface area (Å²) in [6.45, 7) is 17.5. The molecule has 0 aliphatic carbocycles. The van der Waals surface area contributed by atoms with Crippen LogP contribution >= 0.6 is 0 Å². The number of anilines is 6. The van der Waals surface area contributed by atoms with E-state index < -0.39 is 0 Å². The number of hydrogen-bond acceptors (Lipinski definition) is 4. The fraction of sp³-hybridized carbons (Fsp3) is 0.153. The van der Waals surface area contributed by atoms with Crippen LogP contribution < -0.4 is 9.80 Å². The molecule has 0 amide bonds. The van der Waals surface area contributed by atoms with Crippen LogP contribution in [0.4, 0.5) is 34.1 Å². The Labute approximate surface area is 368 Å². The van der Waals surface area contributed by atoms with Crippen LogP contribution in [0.2, 0.25) is 0 Å². The monoisotopic (exact) mass is 818 g/mol. The highest BCUT2D eigenvalue weighted by Gasteiger charge is 2.23. The maximum Gasteiger partial charge on any atom is 0.178 e. The van der Waals surface area contributed by atoms with Crippen LogP contribution in [0.1, 0.15) is 58.7 Å². The molecule has 0 aliphatic heterocycles. The molecule has 2 heterocycles. The maximum atomic E-state index is 6.97. The molecule has 2 aromatic heterocycles. The van der Waals surface area contributed by atoms with Gasteiger partial charge in [-0.2, -0.15) is 0 Å². The van der Waals surface area contributed by atoms with E-state index in [4.69, 9.17) is 8.83 Å². The molecule has 0 unspecified atom stereocenters. The first kappa shape index (κ1) is 38.6. The first-order valence-electron chi connectivity index (χ1n) is 22.1. The van der Waals surface area contributed by atoms with Crippen molar-refractivity contribution in [2.45, 2.75) is 61.3 Å². The predicted molar refractivity (Wildman–Crippen MR) is 268 cm³/mol. The topological polar surface area (TPSA) is 32.8 Å². The zero-order chi connectivity index (χ0) is 43.3. The molecular formula is C59H50N2O2. The second kappa shape index (κ2) is 14.7. The standard InChI is InChI=1S/C59H50N2O2/c1-34(2)49-33-51-50-29-41-17-23-47(60(45-19-11-35(3)12-20-45)53-25-37(5)9-15-39(53)7)27-43(41)31-55(50)62-58(51)59-57(49)52-30-42-18-24-48(28-44(42)32-56(52)63-59)61(46-21-13-36(4)14-22-46)54-26-38(6)10-16-40(54)8/h9-34H,1-8H3. The molecule has 0 saturated carbocycles. The lowest BCUT2D eigenvalue weighted by atomic mass is 9.94. The number of fused-ring (bicyclic) bond motifs is 9. The van der Waals surface area contributed by atoms with Crippen molar-refractivity contribution >= 4 is 99.5 Å². The molecule has 4 nitrogen and oxygen atoms in total. The van der Waals surface area contributed by atoms with Crippen molar-refractivity contribution in [2.24, 2.45) is 0 Å². The normalized spacial score (nSPS) is 12.0. The quantitative estimate of drug-likeness (QED) is 0.160. The molecule has 63 heavy (non-hydrogen) atoms. The first-order chi connectivity index (χ1) is 30.5. The third kappa shape index (κ3) is 6.52. The Bertz CT molecular complexity index is 3610. The van der Waals surface area contributed by atoms with E-state index in [1.807, 2.05) is 0 Å². The molecule has 0 saturated heterocycles. The molecule has 11 rings (SSSR count). The third-order valence-electron chi connectivity index (χ3n) is 13.0. The van der Waals surface area contributed by atoms with E-state index in [9.17, 15) is 0 Å². The van der Waals surface area contributed by atoms with Crippen molar-refractivity contribution in [2.75, 3.05) is 9.80 Å². The second-order valence-corrected chi connectivity index (χ2v) is 18.1. The summed E-state index contributed by atoms with van der Waals surface area (Å²) in [5.41, 5.74) is 18.7. The average Bonchev–Trinajstić information content (AvgIpc) is 3.83. The molecule has 0 bridgehead atoms. The van der Waals surface area contributed by atoms with Crippen LogP contribution in [0.15, 0.2) is 160 Å². The fourth-order valence-corrected chi connectivity index (χ4v) is 9.56. The van der Waals surface area contributed by atoms with Crippen LogP contribution in [0.3, 0.4) is 0 Å². The summed E-state index contributed by atoms with van der Waals surface area (Å²) in [6.07, 6.45) is 0. The van der Waals surface area contributed by atoms with Crippen molar-refractivity contribution in [1.29, 1.82) is 0 Å². The molecule has 0 atom stereocenters. The Morgan fingerprint density at radius 2 is 0.810 bits per heavy atom. The summed E-state index contributed by atoms with van der Waals surface area (Å²) in [4.78, 5) is 4.74. The minimum Gasteiger partial charge on any atom is -0.452 e. The number of nitrogens with zero attached hydrogens (tertiary/aromatic N) is 2. The van der Waals surface area contributed by atoms with Gasteiger partial charge in [-0.1, -0.05) is 85.6 Å². The fourth-order valence-electron chi connectivity index (χ4n) is 9.56. The number of aryl methyl sites for hydroxylation is 6. The van der Waals surface area contributed by atoms with Gasteiger partial charge in [0.1, 0.15) is 11.2 Å². The number of hydrogen-bond donors (Lipinski definition) is 0. The van der Waals surface area contributed by atoms with Gasteiger partial charge in [-0.3, -0.25) is 0 Å². The Balaban J connectivity index is 1.07. The van der Waals surface area contributed by atoms with E-state index in [1.54, 1.807) is 0 Å². The Morgan fingerprint density at radius 1 is 0.365 bits per heavy atom. The van der Waals surface area contributed by atoms with Gasteiger partial charge in [0.2, 0.25) is 0 Å². The van der Waals surface area contributed by atoms with Gasteiger partial charge in [-0.25, -0.2) is 0 Å². The van der Waals surface area contributed by atoms with Crippen molar-refractivity contribution in [3.8, 4) is 0 Å². The lowest BCUT2D eigenvalue weighted by Gasteiger charge is -2.28. The highest BCUT2D eigenvalue weighted by atomic mass is 16.4. The highest BCUT2D eigenvalue weighted by molar-refractivity contribution is 6.23. The van der Waals surface area contributed by atoms with Gasteiger partial charge in [0.05, 0.1) is 0 Å². The predicted octanol–water partition coefficient (Wildman–Crippen LogP) is 17.7. The summed E-state index contributed by atoms with van der Waals surface area (Å²) in [7, 11) is 0. The molecule has 9 aromatic carbocycles. The van der Waals surface area contributed by atoms with Gasteiger partial charge in [0.15, 0.2) is 11.2 Å². The minimum absolute atomic E-state index is 0.266. The highest BCUT2D eigenvalue weighted by Crippen LogP contribution is 2.46. The van der Waals surface area contributed by atoms with Crippen LogP contribution in [-0.2, 0) is 0 Å². The largest absolute Gasteiger partial charge is 0.452 e. The van der Waals surface area contributed by atoms with E-state index in [0.29, 0.717) is 0 Å². The number of furan rings is 2. The summed E-state index contributed by atoms with van der Waals surface area (Å²) in [5.74, 6) is 0.266. The van der Waals surface area contributed by atoms with E-state index in [-0.39, 0.29) is 5.92 Å². The lowest BCUT2D eigenvalue weighted by molar-refractivity contribution is 0.633. The van der Waals surface area contributed by atoms with Crippen LogP contribution in [0, 0.1) is 41.5 Å². The molecule has 0 aliphatic rings. The third-order valence-corrected chi connectivity index (χ3v) is 13.0. The molecule has 4 heteroatoms. The molecule has 308 valence electrons. The van der Waals surface area contributed by atoms with Gasteiger partial charge in [0.25, 0.3) is 0 Å². The summed E-state index contributed by atoms with van der Waals surface area (Å²) >= 11 is 0. The molecule has 0 spiro atoms. The summed E-state index contributed by atoms with van der Waals surface area (Å²) < 4.78 is 13.9. The Hall–Kier alpha value is -7.30. The molecular weight excluding hydrogens is 769 g/mol. The van der Waals surface area contributed by atoms with Crippen LogP contribution in [0.25, 0.3) is 65.4 Å². The average molecular weight is 819 g/mol. The Kier molecular flexibility index (Phi) is 8.99. The summed E-state index contributed by atoms with van der Waals surface area (Å²) in [5, 5.41) is 8.98. The zero-order valence-corrected chi connectivity index (χ0v) is 37.2. The lowest BCUT2D eigenvalue weighted by Crippen LogP contribution is -2.11. The Morgan fingerprint density at radius 3 is 1.32 bits per heavy atom. The van der Waals surface area contributed by atoms with Crippen LogP contribution in [-0.4, -0.2) is 0 Å². The van der Waals surface area contributed by atoms with Crippen molar-refractivity contribution < 1.29 is 8.83 Å². The molecule has 0 N–H and O–H groups in total. The van der Waals surface area contributed by atoms with E-state index >= 15 is 0 Å². The van der Waals surface area contributed by atoms with Crippen LogP contribution in [0.5, 0.6) is 0 Å².